The lowest BCUT2D eigenvalue weighted by Gasteiger charge is -2.25. The van der Waals surface area contributed by atoms with Crippen molar-refractivity contribution in [2.75, 3.05) is 20.8 Å². The van der Waals surface area contributed by atoms with E-state index in [1.807, 2.05) is 12.1 Å². The Labute approximate surface area is 219 Å². The van der Waals surface area contributed by atoms with Crippen molar-refractivity contribution >= 4 is 50.9 Å². The zero-order chi connectivity index (χ0) is 25.3. The van der Waals surface area contributed by atoms with Gasteiger partial charge in [-0.2, -0.15) is 0 Å². The topological polar surface area (TPSA) is 79.1 Å². The second-order valence-electron chi connectivity index (χ2n) is 7.56. The van der Waals surface area contributed by atoms with Crippen molar-refractivity contribution in [3.8, 4) is 11.5 Å². The SMILES string of the molecule is CCOC(=O)C1=C(C)N=c2sc(=Cc3cc(Br)c(OC)c(OC)c3)c(=O)n2C1c1ccccc1Cl. The van der Waals surface area contributed by atoms with Crippen LogP contribution in [0.1, 0.15) is 31.0 Å². The molecule has 0 saturated carbocycles. The fourth-order valence-electron chi connectivity index (χ4n) is 3.96. The lowest BCUT2D eigenvalue weighted by Crippen LogP contribution is -2.40. The van der Waals surface area contributed by atoms with Crippen LogP contribution in [-0.4, -0.2) is 31.4 Å². The quantitative estimate of drug-likeness (QED) is 0.410. The number of hydrogen-bond acceptors (Lipinski definition) is 7. The number of aromatic nitrogens is 1. The fourth-order valence-corrected chi connectivity index (χ4v) is 5.86. The van der Waals surface area contributed by atoms with Crippen LogP contribution < -0.4 is 24.4 Å². The second-order valence-corrected chi connectivity index (χ2v) is 9.83. The van der Waals surface area contributed by atoms with Crippen molar-refractivity contribution in [2.45, 2.75) is 19.9 Å². The van der Waals surface area contributed by atoms with Crippen LogP contribution in [0.5, 0.6) is 11.5 Å². The summed E-state index contributed by atoms with van der Waals surface area (Å²) in [4.78, 5) is 31.7. The minimum Gasteiger partial charge on any atom is -0.493 e. The number of nitrogens with zero attached hydrogens (tertiary/aromatic N) is 2. The summed E-state index contributed by atoms with van der Waals surface area (Å²) in [7, 11) is 3.10. The van der Waals surface area contributed by atoms with Gasteiger partial charge in [0.25, 0.3) is 5.56 Å². The molecule has 1 aliphatic heterocycles. The molecule has 1 atom stereocenters. The van der Waals surface area contributed by atoms with Gasteiger partial charge in [0.2, 0.25) is 0 Å². The number of benzene rings is 2. The van der Waals surface area contributed by atoms with Gasteiger partial charge in [-0.25, -0.2) is 9.79 Å². The molecule has 0 N–H and O–H groups in total. The molecule has 4 rings (SSSR count). The van der Waals surface area contributed by atoms with Crippen molar-refractivity contribution in [1.82, 2.24) is 4.57 Å². The highest BCUT2D eigenvalue weighted by Gasteiger charge is 2.34. The Balaban J connectivity index is 1.96. The maximum absolute atomic E-state index is 13.7. The van der Waals surface area contributed by atoms with Gasteiger partial charge in [0, 0.05) is 5.02 Å². The van der Waals surface area contributed by atoms with Crippen molar-refractivity contribution < 1.29 is 19.0 Å². The summed E-state index contributed by atoms with van der Waals surface area (Å²) in [5.74, 6) is 0.548. The Morgan fingerprint density at radius 2 is 2.00 bits per heavy atom. The van der Waals surface area contributed by atoms with E-state index in [9.17, 15) is 9.59 Å². The van der Waals surface area contributed by atoms with E-state index in [2.05, 4.69) is 20.9 Å². The molecule has 1 aliphatic rings. The van der Waals surface area contributed by atoms with Crippen LogP contribution in [0, 0.1) is 0 Å². The van der Waals surface area contributed by atoms with Crippen LogP contribution in [0.2, 0.25) is 5.02 Å². The van der Waals surface area contributed by atoms with Crippen LogP contribution in [0.4, 0.5) is 0 Å². The Morgan fingerprint density at radius 3 is 2.66 bits per heavy atom. The van der Waals surface area contributed by atoms with Crippen LogP contribution >= 0.6 is 38.9 Å². The van der Waals surface area contributed by atoms with Gasteiger partial charge in [-0.15, -0.1) is 0 Å². The predicted molar refractivity (Wildman–Crippen MR) is 139 cm³/mol. The highest BCUT2D eigenvalue weighted by molar-refractivity contribution is 9.10. The lowest BCUT2D eigenvalue weighted by molar-refractivity contribution is -0.139. The average Bonchev–Trinajstić information content (AvgIpc) is 3.12. The number of hydrogen-bond donors (Lipinski definition) is 0. The zero-order valence-corrected chi connectivity index (χ0v) is 22.6. The summed E-state index contributed by atoms with van der Waals surface area (Å²) in [5, 5.41) is 0.437. The Kier molecular flexibility index (Phi) is 7.49. The smallest absolute Gasteiger partial charge is 0.338 e. The molecule has 0 bridgehead atoms. The van der Waals surface area contributed by atoms with Crippen LogP contribution in [0.3, 0.4) is 0 Å². The zero-order valence-electron chi connectivity index (χ0n) is 19.4. The Morgan fingerprint density at radius 1 is 1.26 bits per heavy atom. The number of esters is 1. The number of rotatable bonds is 6. The number of thiazole rings is 1. The molecule has 2 aromatic carbocycles. The van der Waals surface area contributed by atoms with Gasteiger partial charge in [-0.1, -0.05) is 41.1 Å². The van der Waals surface area contributed by atoms with E-state index in [1.54, 1.807) is 58.4 Å². The first-order valence-electron chi connectivity index (χ1n) is 10.7. The summed E-state index contributed by atoms with van der Waals surface area (Å²) >= 11 is 11.2. The van der Waals surface area contributed by atoms with Crippen molar-refractivity contribution in [2.24, 2.45) is 4.99 Å². The first-order valence-corrected chi connectivity index (χ1v) is 12.6. The van der Waals surface area contributed by atoms with E-state index >= 15 is 0 Å². The van der Waals surface area contributed by atoms with Crippen molar-refractivity contribution in [1.29, 1.82) is 0 Å². The van der Waals surface area contributed by atoms with E-state index in [0.717, 1.165) is 5.56 Å². The first kappa shape index (κ1) is 25.2. The molecular weight excluding hydrogens is 556 g/mol. The lowest BCUT2D eigenvalue weighted by atomic mass is 9.96. The largest absolute Gasteiger partial charge is 0.493 e. The van der Waals surface area contributed by atoms with Gasteiger partial charge >= 0.3 is 5.97 Å². The van der Waals surface area contributed by atoms with Gasteiger partial charge in [0.15, 0.2) is 16.3 Å². The van der Waals surface area contributed by atoms with Crippen molar-refractivity contribution in [3.63, 3.8) is 0 Å². The minimum atomic E-state index is -0.765. The molecule has 0 fully saturated rings. The molecule has 1 aromatic heterocycles. The number of methoxy groups -OCH3 is 2. The number of fused-ring (bicyclic) bond motifs is 1. The van der Waals surface area contributed by atoms with Crippen LogP contribution in [0.15, 0.2) is 61.9 Å². The predicted octanol–water partition coefficient (Wildman–Crippen LogP) is 4.23. The van der Waals surface area contributed by atoms with Gasteiger partial charge in [0.05, 0.1) is 41.1 Å². The molecule has 0 amide bonds. The third-order valence-electron chi connectivity index (χ3n) is 5.47. The maximum atomic E-state index is 13.7. The maximum Gasteiger partial charge on any atom is 0.338 e. The molecule has 35 heavy (non-hydrogen) atoms. The highest BCUT2D eigenvalue weighted by Crippen LogP contribution is 2.37. The summed E-state index contributed by atoms with van der Waals surface area (Å²) in [5.41, 5.74) is 1.82. The summed E-state index contributed by atoms with van der Waals surface area (Å²) in [6.07, 6.45) is 1.75. The van der Waals surface area contributed by atoms with Crippen LogP contribution in [0.25, 0.3) is 6.08 Å². The number of carbonyl (C=O) groups is 1. The summed E-state index contributed by atoms with van der Waals surface area (Å²) in [6.45, 7) is 3.66. The van der Waals surface area contributed by atoms with Gasteiger partial charge < -0.3 is 14.2 Å². The highest BCUT2D eigenvalue weighted by atomic mass is 79.9. The molecule has 182 valence electrons. The number of halogens is 2. The first-order chi connectivity index (χ1) is 16.8. The van der Waals surface area contributed by atoms with Gasteiger partial charge in [-0.3, -0.25) is 9.36 Å². The monoisotopic (exact) mass is 576 g/mol. The van der Waals surface area contributed by atoms with Crippen molar-refractivity contribution in [3.05, 3.63) is 88.0 Å². The van der Waals surface area contributed by atoms with E-state index in [0.29, 0.717) is 41.6 Å². The molecule has 0 radical (unpaired) electrons. The standard InChI is InChI=1S/C25H22BrClN2O5S/c1-5-34-24(31)20-13(2)28-25-29(21(20)15-8-6-7-9-17(15)27)23(30)19(35-25)12-14-10-16(26)22(33-4)18(11-14)32-3/h6-12,21H,5H2,1-4H3. The van der Waals surface area contributed by atoms with Gasteiger partial charge in [-0.05, 0) is 65.2 Å². The second kappa shape index (κ2) is 10.4. The molecular formula is C25H22BrClN2O5S. The van der Waals surface area contributed by atoms with E-state index in [-0.39, 0.29) is 17.7 Å². The van der Waals surface area contributed by atoms with Gasteiger partial charge in [0.1, 0.15) is 6.04 Å². The molecule has 10 heteroatoms. The molecule has 2 heterocycles. The molecule has 0 spiro atoms. The average molecular weight is 578 g/mol. The normalized spacial score (nSPS) is 15.5. The number of ether oxygens (including phenoxy) is 3. The molecule has 3 aromatic rings. The summed E-state index contributed by atoms with van der Waals surface area (Å²) in [6, 6.07) is 9.99. The third-order valence-corrected chi connectivity index (χ3v) is 7.39. The molecule has 0 saturated heterocycles. The van der Waals surface area contributed by atoms with Crippen LogP contribution in [-0.2, 0) is 9.53 Å². The minimum absolute atomic E-state index is 0.198. The third kappa shape index (κ3) is 4.68. The molecule has 7 nitrogen and oxygen atoms in total. The Bertz CT molecular complexity index is 1530. The van der Waals surface area contributed by atoms with E-state index in [1.165, 1.54) is 15.9 Å². The number of allylic oxidation sites excluding steroid dienone is 1. The summed E-state index contributed by atoms with van der Waals surface area (Å²) < 4.78 is 18.8. The van der Waals surface area contributed by atoms with E-state index in [4.69, 9.17) is 25.8 Å². The molecule has 1 unspecified atom stereocenters. The Hall–Kier alpha value is -2.88. The van der Waals surface area contributed by atoms with E-state index < -0.39 is 12.0 Å². The fraction of sp³-hybridized carbons (Fsp3) is 0.240. The molecule has 0 aliphatic carbocycles. The number of carbonyl (C=O) groups excluding carboxylic acids is 1.